The molecule has 0 aliphatic carbocycles. The molecular weight excluding hydrogens is 456 g/mol. The molecule has 1 heterocycles. The van der Waals surface area contributed by atoms with E-state index < -0.39 is 11.6 Å². The number of ether oxygens (including phenoxy) is 3. The SMILES string of the molecule is Cc1oc2c(C)c(O[C@@H](C)CCOc3ccc(OC(C)(C)C(=O)O)cc3)ccc2c1-c1ccccc1. The van der Waals surface area contributed by atoms with Crippen molar-refractivity contribution >= 4 is 16.9 Å². The zero-order chi connectivity index (χ0) is 25.9. The summed E-state index contributed by atoms with van der Waals surface area (Å²) in [4.78, 5) is 11.2. The second-order valence-corrected chi connectivity index (χ2v) is 9.42. The molecule has 36 heavy (non-hydrogen) atoms. The van der Waals surface area contributed by atoms with Gasteiger partial charge in [-0.25, -0.2) is 4.79 Å². The van der Waals surface area contributed by atoms with Crippen LogP contribution in [0.25, 0.3) is 22.1 Å². The molecule has 3 aromatic carbocycles. The summed E-state index contributed by atoms with van der Waals surface area (Å²) in [5.74, 6) is 1.82. The zero-order valence-corrected chi connectivity index (χ0v) is 21.3. The van der Waals surface area contributed by atoms with Gasteiger partial charge in [0.1, 0.15) is 28.6 Å². The molecule has 0 aliphatic heterocycles. The van der Waals surface area contributed by atoms with E-state index in [-0.39, 0.29) is 6.10 Å². The van der Waals surface area contributed by atoms with Gasteiger partial charge in [-0.05, 0) is 76.6 Å². The molecule has 0 spiro atoms. The van der Waals surface area contributed by atoms with Gasteiger partial charge in [-0.3, -0.25) is 0 Å². The van der Waals surface area contributed by atoms with Gasteiger partial charge in [0, 0.05) is 22.9 Å². The van der Waals surface area contributed by atoms with Gasteiger partial charge in [0.2, 0.25) is 0 Å². The van der Waals surface area contributed by atoms with Crippen molar-refractivity contribution in [2.24, 2.45) is 0 Å². The van der Waals surface area contributed by atoms with Gasteiger partial charge in [-0.2, -0.15) is 0 Å². The molecule has 0 amide bonds. The predicted octanol–water partition coefficient (Wildman–Crippen LogP) is 7.20. The maximum Gasteiger partial charge on any atom is 0.347 e. The van der Waals surface area contributed by atoms with Gasteiger partial charge in [0.15, 0.2) is 5.60 Å². The standard InChI is InChI=1S/C30H32O6/c1-19(17-18-33-23-11-13-24(14-12-23)36-30(4,5)29(31)32)34-26-16-15-25-27(22-9-7-6-8-10-22)21(3)35-28(25)20(26)2/h6-16,19H,17-18H2,1-5H3,(H,31,32)/t19-/m0/s1. The Morgan fingerprint density at radius 1 is 0.972 bits per heavy atom. The molecule has 1 aromatic heterocycles. The summed E-state index contributed by atoms with van der Waals surface area (Å²) >= 11 is 0. The molecule has 1 N–H and O–H groups in total. The summed E-state index contributed by atoms with van der Waals surface area (Å²) in [5.41, 5.74) is 2.78. The number of furan rings is 1. The third kappa shape index (κ3) is 5.48. The van der Waals surface area contributed by atoms with E-state index in [4.69, 9.17) is 18.6 Å². The molecule has 0 unspecified atom stereocenters. The number of carboxylic acids is 1. The van der Waals surface area contributed by atoms with Gasteiger partial charge < -0.3 is 23.7 Å². The highest BCUT2D eigenvalue weighted by molar-refractivity contribution is 5.98. The molecule has 0 aliphatic rings. The Balaban J connectivity index is 1.35. The topological polar surface area (TPSA) is 78.1 Å². The number of aliphatic carboxylic acids is 1. The lowest BCUT2D eigenvalue weighted by molar-refractivity contribution is -0.152. The highest BCUT2D eigenvalue weighted by Gasteiger charge is 2.29. The van der Waals surface area contributed by atoms with Crippen molar-refractivity contribution in [3.8, 4) is 28.4 Å². The minimum Gasteiger partial charge on any atom is -0.493 e. The fourth-order valence-electron chi connectivity index (χ4n) is 4.05. The highest BCUT2D eigenvalue weighted by Crippen LogP contribution is 2.39. The van der Waals surface area contributed by atoms with Crippen LogP contribution < -0.4 is 14.2 Å². The van der Waals surface area contributed by atoms with Crippen LogP contribution in [-0.2, 0) is 4.79 Å². The quantitative estimate of drug-likeness (QED) is 0.254. The maximum absolute atomic E-state index is 11.2. The van der Waals surface area contributed by atoms with Crippen molar-refractivity contribution < 1.29 is 28.5 Å². The fraction of sp³-hybridized carbons (Fsp3) is 0.300. The van der Waals surface area contributed by atoms with E-state index >= 15 is 0 Å². The van der Waals surface area contributed by atoms with Crippen molar-refractivity contribution in [2.45, 2.75) is 52.7 Å². The van der Waals surface area contributed by atoms with Crippen LogP contribution in [0.5, 0.6) is 17.2 Å². The van der Waals surface area contributed by atoms with Gasteiger partial charge in [-0.1, -0.05) is 30.3 Å². The van der Waals surface area contributed by atoms with Gasteiger partial charge in [0.25, 0.3) is 0 Å². The number of benzene rings is 3. The number of fused-ring (bicyclic) bond motifs is 1. The third-order valence-corrected chi connectivity index (χ3v) is 6.13. The number of carboxylic acid groups (broad SMARTS) is 1. The number of hydrogen-bond acceptors (Lipinski definition) is 5. The van der Waals surface area contributed by atoms with Crippen LogP contribution in [0.4, 0.5) is 0 Å². The third-order valence-electron chi connectivity index (χ3n) is 6.13. The Kier molecular flexibility index (Phi) is 7.25. The molecule has 4 aromatic rings. The molecule has 0 saturated carbocycles. The van der Waals surface area contributed by atoms with Crippen LogP contribution in [0, 0.1) is 13.8 Å². The smallest absolute Gasteiger partial charge is 0.347 e. The lowest BCUT2D eigenvalue weighted by Gasteiger charge is -2.21. The molecule has 0 fully saturated rings. The first-order valence-corrected chi connectivity index (χ1v) is 12.1. The Morgan fingerprint density at radius 2 is 1.64 bits per heavy atom. The second-order valence-electron chi connectivity index (χ2n) is 9.42. The van der Waals surface area contributed by atoms with E-state index in [0.29, 0.717) is 24.5 Å². The largest absolute Gasteiger partial charge is 0.493 e. The van der Waals surface area contributed by atoms with Crippen molar-refractivity contribution in [1.82, 2.24) is 0 Å². The summed E-state index contributed by atoms with van der Waals surface area (Å²) < 4.78 is 23.7. The first-order valence-electron chi connectivity index (χ1n) is 12.1. The Hall–Kier alpha value is -3.93. The monoisotopic (exact) mass is 488 g/mol. The summed E-state index contributed by atoms with van der Waals surface area (Å²) in [7, 11) is 0. The molecule has 0 radical (unpaired) electrons. The Bertz CT molecular complexity index is 1340. The molecule has 0 bridgehead atoms. The number of rotatable bonds is 10. The fourth-order valence-corrected chi connectivity index (χ4v) is 4.05. The lowest BCUT2D eigenvalue weighted by Crippen LogP contribution is -2.37. The van der Waals surface area contributed by atoms with Crippen molar-refractivity contribution in [2.75, 3.05) is 6.61 Å². The highest BCUT2D eigenvalue weighted by atomic mass is 16.5. The van der Waals surface area contributed by atoms with Crippen molar-refractivity contribution in [3.05, 3.63) is 78.1 Å². The summed E-state index contributed by atoms with van der Waals surface area (Å²) in [5, 5.41) is 10.3. The molecule has 1 atom stereocenters. The van der Waals surface area contributed by atoms with Crippen LogP contribution in [0.2, 0.25) is 0 Å². The van der Waals surface area contributed by atoms with E-state index in [1.165, 1.54) is 13.8 Å². The second kappa shape index (κ2) is 10.4. The van der Waals surface area contributed by atoms with E-state index in [1.807, 2.05) is 45.0 Å². The van der Waals surface area contributed by atoms with E-state index in [9.17, 15) is 9.90 Å². The maximum atomic E-state index is 11.2. The minimum atomic E-state index is -1.30. The zero-order valence-electron chi connectivity index (χ0n) is 21.3. The van der Waals surface area contributed by atoms with Crippen LogP contribution in [0.3, 0.4) is 0 Å². The average Bonchev–Trinajstić information content (AvgIpc) is 3.19. The molecule has 6 nitrogen and oxygen atoms in total. The first kappa shape index (κ1) is 25.2. The summed E-state index contributed by atoms with van der Waals surface area (Å²) in [6, 6.07) is 21.3. The van der Waals surface area contributed by atoms with Gasteiger partial charge in [0.05, 0.1) is 12.7 Å². The summed E-state index contributed by atoms with van der Waals surface area (Å²) in [6.45, 7) is 9.52. The predicted molar refractivity (Wildman–Crippen MR) is 140 cm³/mol. The molecule has 6 heteroatoms. The Labute approximate surface area is 211 Å². The molecule has 0 saturated heterocycles. The van der Waals surface area contributed by atoms with Crippen LogP contribution in [0.1, 0.15) is 38.5 Å². The van der Waals surface area contributed by atoms with E-state index in [2.05, 4.69) is 18.2 Å². The van der Waals surface area contributed by atoms with E-state index in [0.717, 1.165) is 39.2 Å². The van der Waals surface area contributed by atoms with Crippen LogP contribution in [0.15, 0.2) is 71.1 Å². The molecule has 4 rings (SSSR count). The van der Waals surface area contributed by atoms with Crippen molar-refractivity contribution in [1.29, 1.82) is 0 Å². The Morgan fingerprint density at radius 3 is 2.31 bits per heavy atom. The molecular formula is C30H32O6. The number of carbonyl (C=O) groups is 1. The average molecular weight is 489 g/mol. The number of aryl methyl sites for hydroxylation is 2. The van der Waals surface area contributed by atoms with Crippen molar-refractivity contribution in [3.63, 3.8) is 0 Å². The number of hydrogen-bond donors (Lipinski definition) is 1. The van der Waals surface area contributed by atoms with Gasteiger partial charge in [-0.15, -0.1) is 0 Å². The van der Waals surface area contributed by atoms with Crippen LogP contribution >= 0.6 is 0 Å². The van der Waals surface area contributed by atoms with Crippen LogP contribution in [-0.4, -0.2) is 29.4 Å². The molecule has 188 valence electrons. The lowest BCUT2D eigenvalue weighted by atomic mass is 10.0. The summed E-state index contributed by atoms with van der Waals surface area (Å²) in [6.07, 6.45) is 0.624. The minimum absolute atomic E-state index is 0.0650. The normalized spacial score (nSPS) is 12.4. The first-order chi connectivity index (χ1) is 17.2. The van der Waals surface area contributed by atoms with Gasteiger partial charge >= 0.3 is 5.97 Å². The van der Waals surface area contributed by atoms with E-state index in [1.54, 1.807) is 24.3 Å².